The lowest BCUT2D eigenvalue weighted by atomic mass is 10.2. The molecular formula is C19H24Cl2N4O2. The second-order valence-electron chi connectivity index (χ2n) is 6.57. The number of amides is 2. The van der Waals surface area contributed by atoms with Gasteiger partial charge < -0.3 is 19.5 Å². The quantitative estimate of drug-likeness (QED) is 0.751. The largest absolute Gasteiger partial charge is 0.376 e. The highest BCUT2D eigenvalue weighted by Gasteiger charge is 2.23. The lowest BCUT2D eigenvalue weighted by Crippen LogP contribution is -2.43. The first kappa shape index (κ1) is 20.0. The number of imidazole rings is 1. The Kier molecular flexibility index (Phi) is 6.99. The molecule has 8 heteroatoms. The van der Waals surface area contributed by atoms with Crippen LogP contribution >= 0.6 is 23.2 Å². The van der Waals surface area contributed by atoms with E-state index in [4.69, 9.17) is 27.9 Å². The standard InChI is InChI=1S/C19H24Cl2N4O2/c1-2-22-19(26)25(12-15-4-3-9-27-15)13-18-23-7-8-24(18)11-14-5-6-16(20)17(21)10-14/h5-8,10,15H,2-4,9,11-13H2,1H3,(H,22,26). The van der Waals surface area contributed by atoms with E-state index in [2.05, 4.69) is 10.3 Å². The lowest BCUT2D eigenvalue weighted by Gasteiger charge is -2.25. The third-order valence-corrected chi connectivity index (χ3v) is 5.27. The van der Waals surface area contributed by atoms with Crippen LogP contribution in [-0.2, 0) is 17.8 Å². The molecule has 1 saturated heterocycles. The molecule has 0 saturated carbocycles. The van der Waals surface area contributed by atoms with Crippen LogP contribution < -0.4 is 5.32 Å². The van der Waals surface area contributed by atoms with E-state index in [0.717, 1.165) is 30.8 Å². The summed E-state index contributed by atoms with van der Waals surface area (Å²) in [5, 5.41) is 3.94. The summed E-state index contributed by atoms with van der Waals surface area (Å²) in [7, 11) is 0. The molecule has 1 fully saturated rings. The molecule has 1 N–H and O–H groups in total. The molecule has 0 bridgehead atoms. The Bertz CT molecular complexity index is 775. The van der Waals surface area contributed by atoms with Gasteiger partial charge in [-0.2, -0.15) is 0 Å². The molecule has 0 radical (unpaired) electrons. The SMILES string of the molecule is CCNC(=O)N(Cc1nccn1Cc1ccc(Cl)c(Cl)c1)CC1CCCO1. The third kappa shape index (κ3) is 5.37. The molecule has 0 spiro atoms. The molecule has 3 rings (SSSR count). The van der Waals surface area contributed by atoms with Gasteiger partial charge in [-0.15, -0.1) is 0 Å². The predicted octanol–water partition coefficient (Wildman–Crippen LogP) is 3.95. The molecule has 27 heavy (non-hydrogen) atoms. The van der Waals surface area contributed by atoms with Crippen molar-refractivity contribution in [3.63, 3.8) is 0 Å². The summed E-state index contributed by atoms with van der Waals surface area (Å²) in [5.41, 5.74) is 1.02. The van der Waals surface area contributed by atoms with Crippen LogP contribution in [0.15, 0.2) is 30.6 Å². The summed E-state index contributed by atoms with van der Waals surface area (Å²) in [4.78, 5) is 18.7. The van der Waals surface area contributed by atoms with Gasteiger partial charge in [0.05, 0.1) is 22.7 Å². The topological polar surface area (TPSA) is 59.4 Å². The Labute approximate surface area is 169 Å². The molecule has 1 unspecified atom stereocenters. The molecule has 6 nitrogen and oxygen atoms in total. The highest BCUT2D eigenvalue weighted by atomic mass is 35.5. The van der Waals surface area contributed by atoms with E-state index in [0.29, 0.717) is 36.2 Å². The van der Waals surface area contributed by atoms with E-state index in [1.807, 2.05) is 29.8 Å². The first-order valence-corrected chi connectivity index (χ1v) is 9.90. The van der Waals surface area contributed by atoms with Crippen LogP contribution in [0, 0.1) is 0 Å². The van der Waals surface area contributed by atoms with Crippen LogP contribution in [0.3, 0.4) is 0 Å². The number of urea groups is 1. The van der Waals surface area contributed by atoms with Crippen molar-refractivity contribution in [2.24, 2.45) is 0 Å². The van der Waals surface area contributed by atoms with Gasteiger partial charge in [-0.25, -0.2) is 9.78 Å². The Morgan fingerprint density at radius 2 is 2.26 bits per heavy atom. The van der Waals surface area contributed by atoms with Crippen LogP contribution in [0.1, 0.15) is 31.2 Å². The molecule has 1 aliphatic heterocycles. The summed E-state index contributed by atoms with van der Waals surface area (Å²) in [6.45, 7) is 4.84. The lowest BCUT2D eigenvalue weighted by molar-refractivity contribution is 0.0787. The molecular weight excluding hydrogens is 387 g/mol. The second-order valence-corrected chi connectivity index (χ2v) is 7.39. The Morgan fingerprint density at radius 1 is 1.41 bits per heavy atom. The van der Waals surface area contributed by atoms with Crippen molar-refractivity contribution < 1.29 is 9.53 Å². The fraction of sp³-hybridized carbons (Fsp3) is 0.474. The minimum atomic E-state index is -0.0999. The van der Waals surface area contributed by atoms with Gasteiger partial charge in [-0.1, -0.05) is 29.3 Å². The maximum atomic E-state index is 12.5. The molecule has 146 valence electrons. The highest BCUT2D eigenvalue weighted by molar-refractivity contribution is 6.42. The predicted molar refractivity (Wildman–Crippen MR) is 106 cm³/mol. The summed E-state index contributed by atoms with van der Waals surface area (Å²) in [5.74, 6) is 0.810. The fourth-order valence-electron chi connectivity index (χ4n) is 3.16. The molecule has 1 aromatic carbocycles. The fourth-order valence-corrected chi connectivity index (χ4v) is 3.48. The summed E-state index contributed by atoms with van der Waals surface area (Å²) in [6.07, 6.45) is 5.76. The van der Waals surface area contributed by atoms with Crippen LogP contribution in [0.5, 0.6) is 0 Å². The first-order chi connectivity index (χ1) is 13.1. The van der Waals surface area contributed by atoms with Crippen LogP contribution in [0.25, 0.3) is 0 Å². The van der Waals surface area contributed by atoms with Gasteiger partial charge in [-0.05, 0) is 37.5 Å². The van der Waals surface area contributed by atoms with E-state index in [1.165, 1.54) is 0 Å². The van der Waals surface area contributed by atoms with Crippen molar-refractivity contribution in [2.75, 3.05) is 19.7 Å². The molecule has 2 aromatic rings. The van der Waals surface area contributed by atoms with Crippen molar-refractivity contribution in [3.05, 3.63) is 52.0 Å². The van der Waals surface area contributed by atoms with Crippen molar-refractivity contribution in [2.45, 2.75) is 39.0 Å². The summed E-state index contributed by atoms with van der Waals surface area (Å²) < 4.78 is 7.72. The second kappa shape index (κ2) is 9.44. The molecule has 2 heterocycles. The number of nitrogens with one attached hydrogen (secondary N) is 1. The summed E-state index contributed by atoms with van der Waals surface area (Å²) in [6, 6.07) is 5.47. The molecule has 1 atom stereocenters. The maximum absolute atomic E-state index is 12.5. The number of carbonyl (C=O) groups excluding carboxylic acids is 1. The molecule has 1 aromatic heterocycles. The van der Waals surface area contributed by atoms with E-state index < -0.39 is 0 Å². The van der Waals surface area contributed by atoms with Crippen LogP contribution in [0.4, 0.5) is 4.79 Å². The maximum Gasteiger partial charge on any atom is 0.317 e. The monoisotopic (exact) mass is 410 g/mol. The number of rotatable bonds is 7. The minimum absolute atomic E-state index is 0.0890. The summed E-state index contributed by atoms with van der Waals surface area (Å²) >= 11 is 12.1. The number of ether oxygens (including phenoxy) is 1. The molecule has 0 aliphatic carbocycles. The third-order valence-electron chi connectivity index (χ3n) is 4.53. The molecule has 2 amide bonds. The zero-order valence-electron chi connectivity index (χ0n) is 15.3. The number of nitrogens with zero attached hydrogens (tertiary/aromatic N) is 3. The van der Waals surface area contributed by atoms with E-state index in [9.17, 15) is 4.79 Å². The van der Waals surface area contributed by atoms with Crippen LogP contribution in [0.2, 0.25) is 10.0 Å². The number of hydrogen-bond acceptors (Lipinski definition) is 3. The van der Waals surface area contributed by atoms with E-state index in [1.54, 1.807) is 17.2 Å². The number of hydrogen-bond donors (Lipinski definition) is 1. The van der Waals surface area contributed by atoms with Crippen molar-refractivity contribution in [1.29, 1.82) is 0 Å². The van der Waals surface area contributed by atoms with Gasteiger partial charge in [0, 0.05) is 38.6 Å². The number of benzene rings is 1. The average Bonchev–Trinajstić information content (AvgIpc) is 3.30. The Morgan fingerprint density at radius 3 is 2.96 bits per heavy atom. The van der Waals surface area contributed by atoms with Crippen molar-refractivity contribution in [3.8, 4) is 0 Å². The zero-order chi connectivity index (χ0) is 19.2. The smallest absolute Gasteiger partial charge is 0.317 e. The van der Waals surface area contributed by atoms with Gasteiger partial charge in [-0.3, -0.25) is 0 Å². The first-order valence-electron chi connectivity index (χ1n) is 9.15. The van der Waals surface area contributed by atoms with Crippen molar-refractivity contribution >= 4 is 29.2 Å². The van der Waals surface area contributed by atoms with Gasteiger partial charge in [0.2, 0.25) is 0 Å². The zero-order valence-corrected chi connectivity index (χ0v) is 16.8. The minimum Gasteiger partial charge on any atom is -0.376 e. The van der Waals surface area contributed by atoms with Gasteiger partial charge in [0.25, 0.3) is 0 Å². The van der Waals surface area contributed by atoms with Gasteiger partial charge >= 0.3 is 6.03 Å². The van der Waals surface area contributed by atoms with E-state index >= 15 is 0 Å². The number of halogens is 2. The van der Waals surface area contributed by atoms with Gasteiger partial charge in [0.15, 0.2) is 0 Å². The van der Waals surface area contributed by atoms with Crippen molar-refractivity contribution in [1.82, 2.24) is 19.8 Å². The number of carbonyl (C=O) groups is 1. The number of aromatic nitrogens is 2. The highest BCUT2D eigenvalue weighted by Crippen LogP contribution is 2.23. The Hall–Kier alpha value is -1.76. The normalized spacial score (nSPS) is 16.5. The van der Waals surface area contributed by atoms with Gasteiger partial charge in [0.1, 0.15) is 5.82 Å². The average molecular weight is 411 g/mol. The van der Waals surface area contributed by atoms with Crippen LogP contribution in [-0.4, -0.2) is 46.3 Å². The molecule has 1 aliphatic rings. The van der Waals surface area contributed by atoms with E-state index in [-0.39, 0.29) is 12.1 Å². The Balaban J connectivity index is 1.72.